The second-order valence-corrected chi connectivity index (χ2v) is 1.35. The molecule has 0 saturated heterocycles. The van der Waals surface area contributed by atoms with Crippen molar-refractivity contribution in [3.8, 4) is 6.07 Å². The molecule has 0 rings (SSSR count). The summed E-state index contributed by atoms with van der Waals surface area (Å²) >= 11 is 0. The first-order valence-corrected chi connectivity index (χ1v) is 1.77. The fraction of sp³-hybridized carbons (Fsp3) is 0.667. The lowest BCUT2D eigenvalue weighted by atomic mass is 10.3. The maximum Gasteiger partial charge on any atom is 0.434 e. The Hall–Kier alpha value is -1.15. The maximum atomic E-state index is 10.1. The van der Waals surface area contributed by atoms with E-state index in [4.69, 9.17) is 5.26 Å². The van der Waals surface area contributed by atoms with Crippen LogP contribution in [-0.2, 0) is 5.11 Å². The largest absolute Gasteiger partial charge is 0.434 e. The molecule has 1 atom stereocenters. The Labute approximate surface area is 45.3 Å². The summed E-state index contributed by atoms with van der Waals surface area (Å²) in [7, 11) is 0. The number of nitriles is 1. The minimum Gasteiger partial charge on any atom is -0.261 e. The predicted molar refractivity (Wildman–Crippen MR) is 21.7 cm³/mol. The summed E-state index contributed by atoms with van der Waals surface area (Å²) in [5.74, 6) is 0. The first-order valence-electron chi connectivity index (χ1n) is 1.77. The third-order valence-electron chi connectivity index (χ3n) is 0.556. The van der Waals surface area contributed by atoms with Crippen molar-refractivity contribution >= 4 is 0 Å². The molecule has 0 aromatic heterocycles. The van der Waals surface area contributed by atoms with Gasteiger partial charge in [-0.05, 0) is 0 Å². The zero-order valence-electron chi connectivity index (χ0n) is 4.12. The van der Waals surface area contributed by atoms with Gasteiger partial charge in [-0.1, -0.05) is 0 Å². The van der Waals surface area contributed by atoms with Gasteiger partial charge in [-0.25, -0.2) is 0 Å². The zero-order chi connectivity index (χ0) is 6.78. The van der Waals surface area contributed by atoms with E-state index in [2.05, 4.69) is 0 Å². The van der Waals surface area contributed by atoms with Crippen molar-refractivity contribution in [3.63, 3.8) is 0 Å². The second kappa shape index (κ2) is 1.76. The molecule has 0 heterocycles. The average Bonchev–Trinajstić information content (AvgIpc) is 1.67. The van der Waals surface area contributed by atoms with E-state index in [9.17, 15) is 15.2 Å². The molecular formula is C3H3N2O3. The third kappa shape index (κ3) is 1.17. The molecule has 5 heteroatoms. The molecule has 0 aliphatic carbocycles. The zero-order valence-corrected chi connectivity index (χ0v) is 4.12. The quantitative estimate of drug-likeness (QED) is 0.272. The summed E-state index contributed by atoms with van der Waals surface area (Å²) in [5, 5.41) is 27.4. The van der Waals surface area contributed by atoms with Crippen molar-refractivity contribution in [2.45, 2.75) is 12.6 Å². The summed E-state index contributed by atoms with van der Waals surface area (Å²) in [5.41, 5.74) is -2.68. The van der Waals surface area contributed by atoms with Gasteiger partial charge in [0, 0.05) is 0 Å². The molecule has 0 bridgehead atoms. The summed E-state index contributed by atoms with van der Waals surface area (Å²) in [6.07, 6.45) is 0. The topological polar surface area (TPSA) is 86.8 Å². The van der Waals surface area contributed by atoms with E-state index in [-0.39, 0.29) is 0 Å². The van der Waals surface area contributed by atoms with Gasteiger partial charge >= 0.3 is 5.72 Å². The number of nitro groups is 1. The summed E-state index contributed by atoms with van der Waals surface area (Å²) in [6.45, 7) is 0.701. The van der Waals surface area contributed by atoms with Crippen LogP contribution >= 0.6 is 0 Å². The Morgan fingerprint density at radius 1 is 1.88 bits per heavy atom. The standard InChI is InChI=1S/C3H3N2O3/c1-3(6,2-4)5(7)8/h1H3. The minimum absolute atomic E-state index is 0.701. The third-order valence-corrected chi connectivity index (χ3v) is 0.556. The second-order valence-electron chi connectivity index (χ2n) is 1.35. The molecular weight excluding hydrogens is 112 g/mol. The van der Waals surface area contributed by atoms with Crippen LogP contribution in [0.5, 0.6) is 0 Å². The lowest BCUT2D eigenvalue weighted by Crippen LogP contribution is -2.30. The molecule has 1 radical (unpaired) electrons. The molecule has 0 aromatic rings. The first kappa shape index (κ1) is 6.85. The molecule has 0 aliphatic rings. The summed E-state index contributed by atoms with van der Waals surface area (Å²) < 4.78 is 0. The van der Waals surface area contributed by atoms with E-state index in [0.29, 0.717) is 6.92 Å². The van der Waals surface area contributed by atoms with Crippen LogP contribution in [0, 0.1) is 21.4 Å². The fourth-order valence-electron chi connectivity index (χ4n) is 0.0408. The van der Waals surface area contributed by atoms with Crippen molar-refractivity contribution in [1.82, 2.24) is 0 Å². The van der Waals surface area contributed by atoms with E-state index in [1.165, 1.54) is 0 Å². The van der Waals surface area contributed by atoms with E-state index in [1.54, 1.807) is 0 Å². The lowest BCUT2D eigenvalue weighted by molar-refractivity contribution is -0.610. The van der Waals surface area contributed by atoms with Gasteiger partial charge < -0.3 is 0 Å². The molecule has 0 aliphatic heterocycles. The van der Waals surface area contributed by atoms with E-state index >= 15 is 0 Å². The molecule has 1 unspecified atom stereocenters. The first-order chi connectivity index (χ1) is 3.50. The Bertz CT molecular complexity index is 145. The highest BCUT2D eigenvalue weighted by atomic mass is 16.7. The monoisotopic (exact) mass is 115 g/mol. The van der Waals surface area contributed by atoms with Crippen LogP contribution in [0.4, 0.5) is 0 Å². The van der Waals surface area contributed by atoms with E-state index in [0.717, 1.165) is 6.07 Å². The van der Waals surface area contributed by atoms with Crippen molar-refractivity contribution in [2.75, 3.05) is 0 Å². The van der Waals surface area contributed by atoms with Crippen molar-refractivity contribution < 1.29 is 10.0 Å². The highest BCUT2D eigenvalue weighted by molar-refractivity contribution is 4.85. The Balaban J connectivity index is 4.19. The summed E-state index contributed by atoms with van der Waals surface area (Å²) in [4.78, 5) is 8.35. The highest BCUT2D eigenvalue weighted by Crippen LogP contribution is 2.00. The van der Waals surface area contributed by atoms with Crippen molar-refractivity contribution in [2.24, 2.45) is 0 Å². The predicted octanol–water partition coefficient (Wildman–Crippen LogP) is -0.0666. The van der Waals surface area contributed by atoms with E-state index in [1.807, 2.05) is 0 Å². The van der Waals surface area contributed by atoms with Crippen LogP contribution in [0.2, 0.25) is 0 Å². The fourth-order valence-corrected chi connectivity index (χ4v) is 0.0408. The van der Waals surface area contributed by atoms with Crippen LogP contribution in [0.15, 0.2) is 0 Å². The number of nitrogens with zero attached hydrogens (tertiary/aromatic N) is 2. The van der Waals surface area contributed by atoms with Crippen molar-refractivity contribution in [3.05, 3.63) is 10.1 Å². The van der Waals surface area contributed by atoms with Gasteiger partial charge in [-0.15, -0.1) is 5.11 Å². The average molecular weight is 115 g/mol. The van der Waals surface area contributed by atoms with Crippen molar-refractivity contribution in [1.29, 1.82) is 5.26 Å². The van der Waals surface area contributed by atoms with Crippen LogP contribution in [-0.4, -0.2) is 10.6 Å². The van der Waals surface area contributed by atoms with Crippen LogP contribution in [0.25, 0.3) is 0 Å². The van der Waals surface area contributed by atoms with Crippen LogP contribution in [0.3, 0.4) is 0 Å². The van der Waals surface area contributed by atoms with Gasteiger partial charge in [-0.2, -0.15) is 5.26 Å². The number of rotatable bonds is 1. The molecule has 43 valence electrons. The maximum absolute atomic E-state index is 10.1. The molecule has 0 amide bonds. The van der Waals surface area contributed by atoms with Gasteiger partial charge in [0.1, 0.15) is 0 Å². The Morgan fingerprint density at radius 3 is 2.25 bits per heavy atom. The molecule has 0 aromatic carbocycles. The lowest BCUT2D eigenvalue weighted by Gasteiger charge is -1.97. The van der Waals surface area contributed by atoms with Crippen LogP contribution in [0.1, 0.15) is 6.92 Å². The molecule has 0 spiro atoms. The van der Waals surface area contributed by atoms with Gasteiger partial charge in [0.2, 0.25) is 0 Å². The molecule has 0 fully saturated rings. The minimum atomic E-state index is -2.68. The molecule has 8 heavy (non-hydrogen) atoms. The Morgan fingerprint density at radius 2 is 2.25 bits per heavy atom. The normalized spacial score (nSPS) is 16.1. The van der Waals surface area contributed by atoms with Crippen LogP contribution < -0.4 is 0 Å². The molecule has 5 nitrogen and oxygen atoms in total. The smallest absolute Gasteiger partial charge is 0.261 e. The highest BCUT2D eigenvalue weighted by Gasteiger charge is 2.35. The SMILES string of the molecule is CC([O])(C#N)[N+](=O)[O-]. The Kier molecular flexibility index (Phi) is 1.50. The number of hydrogen-bond acceptors (Lipinski definition) is 3. The van der Waals surface area contributed by atoms with Gasteiger partial charge in [-0.3, -0.25) is 10.1 Å². The van der Waals surface area contributed by atoms with Gasteiger partial charge in [0.05, 0.1) is 11.8 Å². The molecule has 0 saturated carbocycles. The summed E-state index contributed by atoms with van der Waals surface area (Å²) in [6, 6.07) is 0.986. The van der Waals surface area contributed by atoms with Gasteiger partial charge in [0.15, 0.2) is 6.07 Å². The van der Waals surface area contributed by atoms with E-state index < -0.39 is 10.6 Å². The van der Waals surface area contributed by atoms with Gasteiger partial charge in [0.25, 0.3) is 0 Å². The molecule has 0 N–H and O–H groups in total. The number of hydrogen-bond donors (Lipinski definition) is 0.